The summed E-state index contributed by atoms with van der Waals surface area (Å²) in [5.74, 6) is 0.578. The van der Waals surface area contributed by atoms with Crippen molar-refractivity contribution in [2.45, 2.75) is 89.4 Å². The molecule has 2 aliphatic carbocycles. The Morgan fingerprint density at radius 2 is 1.77 bits per heavy atom. The average molecular weight is 413 g/mol. The van der Waals surface area contributed by atoms with Gasteiger partial charge in [-0.1, -0.05) is 12.8 Å². The molecule has 0 spiro atoms. The van der Waals surface area contributed by atoms with E-state index in [-0.39, 0.29) is 35.8 Å². The van der Waals surface area contributed by atoms with Gasteiger partial charge in [0.05, 0.1) is 0 Å². The lowest BCUT2D eigenvalue weighted by atomic mass is 9.91. The van der Waals surface area contributed by atoms with Crippen LogP contribution in [0.25, 0.3) is 11.0 Å². The Hall–Kier alpha value is -2.64. The Kier molecular flexibility index (Phi) is 6.20. The van der Waals surface area contributed by atoms with Crippen LogP contribution < -0.4 is 21.5 Å². The zero-order valence-electron chi connectivity index (χ0n) is 17.9. The zero-order valence-corrected chi connectivity index (χ0v) is 17.9. The predicted octanol–water partition coefficient (Wildman–Crippen LogP) is 3.34. The highest BCUT2D eigenvalue weighted by molar-refractivity contribution is 5.75. The molecule has 2 saturated carbocycles. The number of carbonyl (C=O) groups excluding carboxylic acids is 1. The first-order chi connectivity index (χ1) is 14.5. The van der Waals surface area contributed by atoms with Crippen LogP contribution in [0.5, 0.6) is 0 Å². The lowest BCUT2D eigenvalue weighted by Crippen LogP contribution is -2.46. The Morgan fingerprint density at radius 3 is 2.47 bits per heavy atom. The van der Waals surface area contributed by atoms with Gasteiger partial charge in [0.25, 0.3) is 5.56 Å². The Morgan fingerprint density at radius 1 is 1.07 bits per heavy atom. The summed E-state index contributed by atoms with van der Waals surface area (Å²) in [5.41, 5.74) is 0.748. The normalized spacial score (nSPS) is 22.4. The Bertz CT molecular complexity index is 942. The molecule has 0 saturated heterocycles. The van der Waals surface area contributed by atoms with Crippen molar-refractivity contribution in [2.75, 3.05) is 5.32 Å². The van der Waals surface area contributed by atoms with E-state index in [2.05, 4.69) is 20.9 Å². The SMILES string of the molecule is CC(C)NC(=O)N[C@H]1CC[C@H](Nc2ncc3ccc(=O)n(C4CCCC4)c3n2)CC1. The molecule has 0 aliphatic heterocycles. The lowest BCUT2D eigenvalue weighted by Gasteiger charge is -2.30. The fourth-order valence-electron chi connectivity index (χ4n) is 4.68. The minimum Gasteiger partial charge on any atom is -0.351 e. The Balaban J connectivity index is 1.42. The van der Waals surface area contributed by atoms with Crippen molar-refractivity contribution >= 4 is 23.0 Å². The first-order valence-corrected chi connectivity index (χ1v) is 11.2. The first kappa shape index (κ1) is 20.6. The van der Waals surface area contributed by atoms with Gasteiger partial charge in [-0.3, -0.25) is 9.36 Å². The largest absolute Gasteiger partial charge is 0.351 e. The van der Waals surface area contributed by atoms with Crippen molar-refractivity contribution in [3.63, 3.8) is 0 Å². The Labute approximate surface area is 176 Å². The van der Waals surface area contributed by atoms with E-state index in [1.165, 1.54) is 0 Å². The maximum absolute atomic E-state index is 12.6. The summed E-state index contributed by atoms with van der Waals surface area (Å²) in [4.78, 5) is 33.7. The molecule has 2 aromatic heterocycles. The number of fused-ring (bicyclic) bond motifs is 1. The second kappa shape index (κ2) is 9.02. The van der Waals surface area contributed by atoms with Crippen LogP contribution in [-0.2, 0) is 0 Å². The molecule has 2 aliphatic rings. The smallest absolute Gasteiger partial charge is 0.315 e. The van der Waals surface area contributed by atoms with E-state index in [9.17, 15) is 9.59 Å². The number of anilines is 1. The van der Waals surface area contributed by atoms with Crippen molar-refractivity contribution in [3.8, 4) is 0 Å². The molecule has 3 N–H and O–H groups in total. The van der Waals surface area contributed by atoms with Crippen LogP contribution in [0.2, 0.25) is 0 Å². The second-order valence-electron chi connectivity index (χ2n) is 8.92. The van der Waals surface area contributed by atoms with Gasteiger partial charge in [0.15, 0.2) is 0 Å². The third-order valence-electron chi connectivity index (χ3n) is 6.17. The van der Waals surface area contributed by atoms with Gasteiger partial charge in [-0.25, -0.2) is 9.78 Å². The monoisotopic (exact) mass is 412 g/mol. The predicted molar refractivity (Wildman–Crippen MR) is 118 cm³/mol. The summed E-state index contributed by atoms with van der Waals surface area (Å²) in [5, 5.41) is 10.3. The van der Waals surface area contributed by atoms with E-state index < -0.39 is 0 Å². The summed E-state index contributed by atoms with van der Waals surface area (Å²) >= 11 is 0. The van der Waals surface area contributed by atoms with Crippen molar-refractivity contribution in [1.82, 2.24) is 25.2 Å². The maximum atomic E-state index is 12.6. The number of nitrogens with zero attached hydrogens (tertiary/aromatic N) is 3. The number of pyridine rings is 1. The van der Waals surface area contributed by atoms with E-state index in [4.69, 9.17) is 4.98 Å². The number of hydrogen-bond donors (Lipinski definition) is 3. The topological polar surface area (TPSA) is 101 Å². The third kappa shape index (κ3) is 4.74. The summed E-state index contributed by atoms with van der Waals surface area (Å²) in [7, 11) is 0. The highest BCUT2D eigenvalue weighted by Gasteiger charge is 2.24. The van der Waals surface area contributed by atoms with Crippen molar-refractivity contribution < 1.29 is 4.79 Å². The fourth-order valence-corrected chi connectivity index (χ4v) is 4.68. The molecular weight excluding hydrogens is 380 g/mol. The van der Waals surface area contributed by atoms with Crippen molar-refractivity contribution in [1.29, 1.82) is 0 Å². The molecule has 4 rings (SSSR count). The van der Waals surface area contributed by atoms with Gasteiger partial charge in [0.2, 0.25) is 5.95 Å². The van der Waals surface area contributed by atoms with Crippen LogP contribution >= 0.6 is 0 Å². The number of aromatic nitrogens is 3. The molecule has 0 bridgehead atoms. The van der Waals surface area contributed by atoms with Crippen LogP contribution in [0.15, 0.2) is 23.1 Å². The minimum absolute atomic E-state index is 0.0188. The molecule has 30 heavy (non-hydrogen) atoms. The summed E-state index contributed by atoms with van der Waals surface area (Å²) in [6.45, 7) is 3.91. The lowest BCUT2D eigenvalue weighted by molar-refractivity contribution is 0.229. The number of rotatable bonds is 5. The number of carbonyl (C=O) groups is 1. The van der Waals surface area contributed by atoms with Gasteiger partial charge >= 0.3 is 6.03 Å². The van der Waals surface area contributed by atoms with Crippen LogP contribution in [0.3, 0.4) is 0 Å². The van der Waals surface area contributed by atoms with Crippen molar-refractivity contribution in [3.05, 3.63) is 28.7 Å². The van der Waals surface area contributed by atoms with Crippen LogP contribution in [-0.4, -0.2) is 38.7 Å². The summed E-state index contributed by atoms with van der Waals surface area (Å²) in [6.07, 6.45) is 9.93. The standard InChI is InChI=1S/C22H32N6O2/c1-14(2)24-22(30)26-17-10-8-16(9-11-17)25-21-23-13-15-7-12-19(29)28(20(15)27-21)18-5-3-4-6-18/h7,12-14,16-18H,3-6,8-11H2,1-2H3,(H,23,25,27)(H2,24,26,30)/t16-,17-. The highest BCUT2D eigenvalue weighted by Crippen LogP contribution is 2.30. The quantitative estimate of drug-likeness (QED) is 0.699. The molecule has 2 fully saturated rings. The van der Waals surface area contributed by atoms with Gasteiger partial charge in [0, 0.05) is 41.8 Å². The molecule has 162 valence electrons. The van der Waals surface area contributed by atoms with E-state index in [0.717, 1.165) is 62.4 Å². The van der Waals surface area contributed by atoms with E-state index in [0.29, 0.717) is 5.95 Å². The van der Waals surface area contributed by atoms with Crippen LogP contribution in [0.4, 0.5) is 10.7 Å². The third-order valence-corrected chi connectivity index (χ3v) is 6.17. The van der Waals surface area contributed by atoms with E-state index in [1.807, 2.05) is 24.5 Å². The fraction of sp³-hybridized carbons (Fsp3) is 0.636. The number of urea groups is 1. The summed E-state index contributed by atoms with van der Waals surface area (Å²) in [6, 6.07) is 4.18. The number of amides is 2. The second-order valence-corrected chi connectivity index (χ2v) is 8.92. The molecule has 8 nitrogen and oxygen atoms in total. The van der Waals surface area contributed by atoms with Gasteiger partial charge < -0.3 is 16.0 Å². The molecule has 2 amide bonds. The van der Waals surface area contributed by atoms with E-state index in [1.54, 1.807) is 12.3 Å². The van der Waals surface area contributed by atoms with Crippen molar-refractivity contribution in [2.24, 2.45) is 0 Å². The summed E-state index contributed by atoms with van der Waals surface area (Å²) < 4.78 is 1.86. The van der Waals surface area contributed by atoms with Gasteiger partial charge in [0.1, 0.15) is 5.65 Å². The van der Waals surface area contributed by atoms with Gasteiger partial charge in [-0.2, -0.15) is 4.98 Å². The van der Waals surface area contributed by atoms with E-state index >= 15 is 0 Å². The molecule has 0 radical (unpaired) electrons. The highest BCUT2D eigenvalue weighted by atomic mass is 16.2. The molecule has 8 heteroatoms. The molecule has 0 atom stereocenters. The van der Waals surface area contributed by atoms with Gasteiger partial charge in [-0.15, -0.1) is 0 Å². The number of nitrogens with one attached hydrogen (secondary N) is 3. The van der Waals surface area contributed by atoms with Crippen LogP contribution in [0.1, 0.15) is 71.3 Å². The average Bonchev–Trinajstić information content (AvgIpc) is 3.23. The molecule has 2 heterocycles. The molecular formula is C22H32N6O2. The zero-order chi connectivity index (χ0) is 21.1. The maximum Gasteiger partial charge on any atom is 0.315 e. The molecule has 0 aromatic carbocycles. The van der Waals surface area contributed by atoms with Gasteiger partial charge in [-0.05, 0) is 58.4 Å². The van der Waals surface area contributed by atoms with Crippen LogP contribution in [0, 0.1) is 0 Å². The first-order valence-electron chi connectivity index (χ1n) is 11.2. The number of hydrogen-bond acceptors (Lipinski definition) is 5. The minimum atomic E-state index is -0.0934. The molecule has 2 aromatic rings. The molecule has 0 unspecified atom stereocenters.